The van der Waals surface area contributed by atoms with E-state index in [1.54, 1.807) is 13.8 Å². The number of hydrogen-bond acceptors (Lipinski definition) is 4. The minimum atomic E-state index is -0.839. The van der Waals surface area contributed by atoms with Crippen molar-refractivity contribution in [3.8, 4) is 0 Å². The van der Waals surface area contributed by atoms with E-state index in [2.05, 4.69) is 4.74 Å². The van der Waals surface area contributed by atoms with E-state index in [9.17, 15) is 9.90 Å². The summed E-state index contributed by atoms with van der Waals surface area (Å²) < 4.78 is 4.66. The van der Waals surface area contributed by atoms with Crippen LogP contribution in [-0.2, 0) is 9.53 Å². The largest absolute Gasteiger partial charge is 0.469 e. The van der Waals surface area contributed by atoms with Gasteiger partial charge >= 0.3 is 5.97 Å². The van der Waals surface area contributed by atoms with E-state index in [0.717, 1.165) is 5.56 Å². The Bertz CT molecular complexity index is 398. The summed E-state index contributed by atoms with van der Waals surface area (Å²) in [5.41, 5.74) is 6.31. The smallest absolute Gasteiger partial charge is 0.307 e. The van der Waals surface area contributed by atoms with Gasteiger partial charge in [-0.2, -0.15) is 0 Å². The fraction of sp³-hybridized carbons (Fsp3) is 0.533. The molecule has 106 valence electrons. The van der Waals surface area contributed by atoms with Crippen LogP contribution in [-0.4, -0.2) is 29.8 Å². The molecule has 0 aromatic heterocycles. The van der Waals surface area contributed by atoms with Crippen molar-refractivity contribution in [1.82, 2.24) is 0 Å². The van der Waals surface area contributed by atoms with Gasteiger partial charge in [0.1, 0.15) is 0 Å². The first-order valence-electron chi connectivity index (χ1n) is 6.43. The number of benzene rings is 1. The monoisotopic (exact) mass is 265 g/mol. The Kier molecular flexibility index (Phi) is 5.51. The molecule has 0 spiro atoms. The van der Waals surface area contributed by atoms with Crippen molar-refractivity contribution in [3.05, 3.63) is 35.9 Å². The van der Waals surface area contributed by atoms with Crippen molar-refractivity contribution in [1.29, 1.82) is 0 Å². The van der Waals surface area contributed by atoms with Gasteiger partial charge in [0.25, 0.3) is 0 Å². The fourth-order valence-electron chi connectivity index (χ4n) is 2.17. The molecule has 0 radical (unpaired) electrons. The molecule has 1 rings (SSSR count). The topological polar surface area (TPSA) is 72.5 Å². The molecule has 3 N–H and O–H groups in total. The van der Waals surface area contributed by atoms with Crippen molar-refractivity contribution in [2.45, 2.75) is 44.2 Å². The summed E-state index contributed by atoms with van der Waals surface area (Å²) >= 11 is 0. The van der Waals surface area contributed by atoms with Gasteiger partial charge in [-0.25, -0.2) is 0 Å². The number of methoxy groups -OCH3 is 1. The van der Waals surface area contributed by atoms with Crippen LogP contribution in [0.3, 0.4) is 0 Å². The van der Waals surface area contributed by atoms with Gasteiger partial charge in [-0.15, -0.1) is 0 Å². The lowest BCUT2D eigenvalue weighted by atomic mass is 9.82. The Morgan fingerprint density at radius 3 is 2.42 bits per heavy atom. The highest BCUT2D eigenvalue weighted by Crippen LogP contribution is 2.29. The van der Waals surface area contributed by atoms with E-state index in [1.807, 2.05) is 30.3 Å². The Morgan fingerprint density at radius 2 is 1.95 bits per heavy atom. The van der Waals surface area contributed by atoms with Crippen molar-refractivity contribution in [2.75, 3.05) is 7.11 Å². The number of carbonyl (C=O) groups excluding carboxylic acids is 1. The van der Waals surface area contributed by atoms with E-state index in [1.165, 1.54) is 7.11 Å². The van der Waals surface area contributed by atoms with E-state index < -0.39 is 5.60 Å². The maximum atomic E-state index is 11.4. The predicted octanol–water partition coefficient (Wildman–Crippen LogP) is 1.82. The third-order valence-electron chi connectivity index (χ3n) is 3.09. The Balaban J connectivity index is 2.89. The second kappa shape index (κ2) is 6.68. The maximum absolute atomic E-state index is 11.4. The second-order valence-electron chi connectivity index (χ2n) is 5.48. The van der Waals surface area contributed by atoms with Gasteiger partial charge in [-0.1, -0.05) is 30.3 Å². The summed E-state index contributed by atoms with van der Waals surface area (Å²) in [6.07, 6.45) is 0.640. The summed E-state index contributed by atoms with van der Waals surface area (Å²) in [4.78, 5) is 11.4. The summed E-state index contributed by atoms with van der Waals surface area (Å²) in [7, 11) is 1.35. The number of ether oxygens (including phenoxy) is 1. The summed E-state index contributed by atoms with van der Waals surface area (Å²) in [6.45, 7) is 3.49. The van der Waals surface area contributed by atoms with E-state index in [-0.39, 0.29) is 24.3 Å². The molecule has 0 aliphatic carbocycles. The third kappa shape index (κ3) is 5.41. The van der Waals surface area contributed by atoms with Crippen LogP contribution in [0.1, 0.15) is 38.2 Å². The Morgan fingerprint density at radius 1 is 1.37 bits per heavy atom. The SMILES string of the molecule is COC(=O)C[C@H](N)[C@@H](CC(C)(C)O)c1ccccc1. The molecule has 0 unspecified atom stereocenters. The van der Waals surface area contributed by atoms with Crippen LogP contribution in [0.2, 0.25) is 0 Å². The minimum absolute atomic E-state index is 0.0831. The number of hydrogen-bond donors (Lipinski definition) is 2. The average Bonchev–Trinajstić information content (AvgIpc) is 2.35. The minimum Gasteiger partial charge on any atom is -0.469 e. The van der Waals surface area contributed by atoms with Crippen molar-refractivity contribution >= 4 is 5.97 Å². The van der Waals surface area contributed by atoms with Crippen LogP contribution in [0.25, 0.3) is 0 Å². The Labute approximate surface area is 114 Å². The van der Waals surface area contributed by atoms with Crippen LogP contribution in [0, 0.1) is 0 Å². The van der Waals surface area contributed by atoms with Crippen molar-refractivity contribution in [3.63, 3.8) is 0 Å². The zero-order chi connectivity index (χ0) is 14.5. The van der Waals surface area contributed by atoms with Crippen LogP contribution >= 0.6 is 0 Å². The first kappa shape index (κ1) is 15.7. The third-order valence-corrected chi connectivity index (χ3v) is 3.09. The summed E-state index contributed by atoms with van der Waals surface area (Å²) in [6, 6.07) is 9.34. The molecule has 0 bridgehead atoms. The fourth-order valence-corrected chi connectivity index (χ4v) is 2.17. The first-order valence-corrected chi connectivity index (χ1v) is 6.43. The molecule has 0 amide bonds. The van der Waals surface area contributed by atoms with Crippen LogP contribution in [0.5, 0.6) is 0 Å². The average molecular weight is 265 g/mol. The summed E-state index contributed by atoms with van der Waals surface area (Å²) in [5, 5.41) is 10.0. The van der Waals surface area contributed by atoms with E-state index in [0.29, 0.717) is 6.42 Å². The second-order valence-corrected chi connectivity index (χ2v) is 5.48. The van der Waals surface area contributed by atoms with Crippen LogP contribution in [0.15, 0.2) is 30.3 Å². The molecule has 19 heavy (non-hydrogen) atoms. The molecular formula is C15H23NO3. The van der Waals surface area contributed by atoms with Crippen LogP contribution in [0.4, 0.5) is 0 Å². The van der Waals surface area contributed by atoms with Crippen LogP contribution < -0.4 is 5.73 Å². The lowest BCUT2D eigenvalue weighted by molar-refractivity contribution is -0.141. The normalized spacial score (nSPS) is 14.8. The van der Waals surface area contributed by atoms with Gasteiger partial charge in [-0.05, 0) is 25.8 Å². The molecule has 4 nitrogen and oxygen atoms in total. The molecule has 2 atom stereocenters. The lowest BCUT2D eigenvalue weighted by Crippen LogP contribution is -2.36. The van der Waals surface area contributed by atoms with Gasteiger partial charge in [-0.3, -0.25) is 4.79 Å². The Hall–Kier alpha value is -1.39. The molecule has 0 fully saturated rings. The number of rotatable bonds is 6. The van der Waals surface area contributed by atoms with Gasteiger partial charge < -0.3 is 15.6 Å². The molecule has 1 aromatic carbocycles. The quantitative estimate of drug-likeness (QED) is 0.770. The number of aliphatic hydroxyl groups is 1. The number of carbonyl (C=O) groups is 1. The molecule has 4 heteroatoms. The van der Waals surface area contributed by atoms with Crippen molar-refractivity contribution < 1.29 is 14.6 Å². The molecule has 0 saturated heterocycles. The zero-order valence-electron chi connectivity index (χ0n) is 11.8. The first-order chi connectivity index (χ1) is 8.83. The molecule has 0 saturated carbocycles. The zero-order valence-corrected chi connectivity index (χ0v) is 11.8. The lowest BCUT2D eigenvalue weighted by Gasteiger charge is -2.29. The highest BCUT2D eigenvalue weighted by Gasteiger charge is 2.28. The maximum Gasteiger partial charge on any atom is 0.307 e. The van der Waals surface area contributed by atoms with Gasteiger partial charge in [0.05, 0.1) is 19.1 Å². The number of esters is 1. The highest BCUT2D eigenvalue weighted by atomic mass is 16.5. The van der Waals surface area contributed by atoms with E-state index in [4.69, 9.17) is 5.73 Å². The molecule has 0 aliphatic rings. The molecule has 0 aliphatic heterocycles. The molecule has 0 heterocycles. The van der Waals surface area contributed by atoms with Crippen molar-refractivity contribution in [2.24, 2.45) is 5.73 Å². The standard InChI is InChI=1S/C15H23NO3/c1-15(2,18)10-12(11-7-5-4-6-8-11)13(16)9-14(17)19-3/h4-8,12-13,18H,9-10,16H2,1-3H3/t12-,13-/m0/s1. The predicted molar refractivity (Wildman–Crippen MR) is 74.7 cm³/mol. The highest BCUT2D eigenvalue weighted by molar-refractivity contribution is 5.70. The molecular weight excluding hydrogens is 242 g/mol. The van der Waals surface area contributed by atoms with Gasteiger partial charge in [0, 0.05) is 12.0 Å². The summed E-state index contributed by atoms with van der Waals surface area (Å²) in [5.74, 6) is -0.413. The number of nitrogens with two attached hydrogens (primary N) is 1. The van der Waals surface area contributed by atoms with E-state index >= 15 is 0 Å². The van der Waals surface area contributed by atoms with Gasteiger partial charge in [0.2, 0.25) is 0 Å². The van der Waals surface area contributed by atoms with Gasteiger partial charge in [0.15, 0.2) is 0 Å². The molecule has 1 aromatic rings.